The molecule has 0 aliphatic carbocycles. The molecule has 0 amide bonds. The van der Waals surface area contributed by atoms with Crippen LogP contribution >= 0.6 is 83.1 Å². The van der Waals surface area contributed by atoms with Crippen LogP contribution in [0, 0.1) is 0 Å². The topological polar surface area (TPSA) is 0 Å². The third-order valence-electron chi connectivity index (χ3n) is 0.415. The van der Waals surface area contributed by atoms with Crippen molar-refractivity contribution in [2.24, 2.45) is 0 Å². The molecule has 10 heavy (non-hydrogen) atoms. The van der Waals surface area contributed by atoms with E-state index in [-0.39, 0.29) is 23.0 Å². The van der Waals surface area contributed by atoms with Crippen molar-refractivity contribution < 1.29 is 0 Å². The zero-order valence-corrected chi connectivity index (χ0v) is 9.80. The maximum Gasteiger partial charge on any atom is 0.228 e. The van der Waals surface area contributed by atoms with Gasteiger partial charge in [0.2, 0.25) is 3.79 Å². The number of hydrogen-bond acceptors (Lipinski definition) is 0. The molecular formula is C3H2Cl6S. The van der Waals surface area contributed by atoms with Gasteiger partial charge in [-0.3, -0.25) is 0 Å². The molecule has 0 aliphatic rings. The van der Waals surface area contributed by atoms with Gasteiger partial charge in [-0.2, -0.15) is 13.5 Å². The number of allylic oxidation sites excluding steroid dienone is 1. The lowest BCUT2D eigenvalue weighted by Crippen LogP contribution is -2.01. The molecule has 0 N–H and O–H groups in total. The number of halogens is 6. The molecule has 0 spiro atoms. The molecule has 0 heterocycles. The fourth-order valence-electron chi connectivity index (χ4n) is 0.107. The van der Waals surface area contributed by atoms with Gasteiger partial charge in [-0.25, -0.2) is 0 Å². The summed E-state index contributed by atoms with van der Waals surface area (Å²) in [6.07, 6.45) is 0. The second-order valence-electron chi connectivity index (χ2n) is 1.07. The Balaban J connectivity index is 0. The van der Waals surface area contributed by atoms with E-state index in [1.54, 1.807) is 0 Å². The quantitative estimate of drug-likeness (QED) is 0.579. The SMILES string of the molecule is ClC(Cl)=C(Cl)C(Cl)(Cl)Cl.S. The molecular weight excluding hydrogens is 281 g/mol. The average molecular weight is 283 g/mol. The van der Waals surface area contributed by atoms with Crippen LogP contribution < -0.4 is 0 Å². The summed E-state index contributed by atoms with van der Waals surface area (Å²) in [4.78, 5) is 0. The van der Waals surface area contributed by atoms with Gasteiger partial charge < -0.3 is 0 Å². The molecule has 0 saturated carbocycles. The van der Waals surface area contributed by atoms with Gasteiger partial charge in [-0.1, -0.05) is 69.6 Å². The minimum absolute atomic E-state index is 0. The first-order valence-corrected chi connectivity index (χ1v) is 3.90. The fraction of sp³-hybridized carbons (Fsp3) is 0.333. The van der Waals surface area contributed by atoms with E-state index < -0.39 is 3.79 Å². The Morgan fingerprint density at radius 1 is 0.900 bits per heavy atom. The van der Waals surface area contributed by atoms with Gasteiger partial charge in [0.05, 0.1) is 5.03 Å². The summed E-state index contributed by atoms with van der Waals surface area (Å²) >= 11 is 31.4. The zero-order valence-electron chi connectivity index (χ0n) is 4.27. The number of alkyl halides is 3. The molecule has 0 unspecified atom stereocenters. The third kappa shape index (κ3) is 5.48. The van der Waals surface area contributed by atoms with Crippen LogP contribution in [0.1, 0.15) is 0 Å². The van der Waals surface area contributed by atoms with Gasteiger partial charge >= 0.3 is 0 Å². The normalized spacial score (nSPS) is 10.2. The van der Waals surface area contributed by atoms with Crippen molar-refractivity contribution >= 4 is 83.1 Å². The first-order chi connectivity index (χ1) is 3.85. The van der Waals surface area contributed by atoms with Gasteiger partial charge in [0.25, 0.3) is 0 Å². The molecule has 7 heteroatoms. The second kappa shape index (κ2) is 5.47. The van der Waals surface area contributed by atoms with E-state index in [1.165, 1.54) is 0 Å². The van der Waals surface area contributed by atoms with E-state index in [4.69, 9.17) is 69.6 Å². The van der Waals surface area contributed by atoms with Crippen LogP contribution in [0.2, 0.25) is 0 Å². The van der Waals surface area contributed by atoms with Gasteiger partial charge in [-0.15, -0.1) is 0 Å². The van der Waals surface area contributed by atoms with Crippen LogP contribution in [-0.4, -0.2) is 3.79 Å². The summed E-state index contributed by atoms with van der Waals surface area (Å²) in [6, 6.07) is 0. The number of rotatable bonds is 0. The summed E-state index contributed by atoms with van der Waals surface area (Å²) in [7, 11) is 0. The Morgan fingerprint density at radius 3 is 1.20 bits per heavy atom. The van der Waals surface area contributed by atoms with Crippen LogP contribution in [-0.2, 0) is 0 Å². The first kappa shape index (κ1) is 14.4. The van der Waals surface area contributed by atoms with E-state index in [1.807, 2.05) is 0 Å². The second-order valence-corrected chi connectivity index (χ2v) is 4.68. The minimum Gasteiger partial charge on any atom is -0.197 e. The maximum absolute atomic E-state index is 5.31. The zero-order chi connectivity index (χ0) is 7.65. The lowest BCUT2D eigenvalue weighted by Gasteiger charge is -2.07. The van der Waals surface area contributed by atoms with Gasteiger partial charge in [-0.05, 0) is 0 Å². The van der Waals surface area contributed by atoms with E-state index >= 15 is 0 Å². The molecule has 0 aliphatic heterocycles. The standard InChI is InChI=1S/C3Cl6.H2S/c4-1(2(5)6)3(7,8)9;/h;1H2. The van der Waals surface area contributed by atoms with Crippen LogP contribution in [0.3, 0.4) is 0 Å². The molecule has 0 rings (SSSR count). The highest BCUT2D eigenvalue weighted by Gasteiger charge is 2.26. The Morgan fingerprint density at radius 2 is 1.20 bits per heavy atom. The smallest absolute Gasteiger partial charge is 0.197 e. The molecule has 0 fully saturated rings. The highest BCUT2D eigenvalue weighted by atomic mass is 35.6. The van der Waals surface area contributed by atoms with E-state index in [9.17, 15) is 0 Å². The van der Waals surface area contributed by atoms with Crippen molar-refractivity contribution in [3.8, 4) is 0 Å². The molecule has 62 valence electrons. The lowest BCUT2D eigenvalue weighted by molar-refractivity contribution is 1.42. The Bertz CT molecular complexity index is 130. The summed E-state index contributed by atoms with van der Waals surface area (Å²) < 4.78 is -1.96. The van der Waals surface area contributed by atoms with Crippen LogP contribution in [0.5, 0.6) is 0 Å². The lowest BCUT2D eigenvalue weighted by atomic mass is 10.7. The summed E-state index contributed by atoms with van der Waals surface area (Å²) in [5.41, 5.74) is 0. The summed E-state index contributed by atoms with van der Waals surface area (Å²) in [5, 5.41) is -0.198. The van der Waals surface area contributed by atoms with Crippen molar-refractivity contribution in [1.29, 1.82) is 0 Å². The molecule has 0 aromatic rings. The molecule has 0 saturated heterocycles. The average Bonchev–Trinajstić information content (AvgIpc) is 1.62. The van der Waals surface area contributed by atoms with E-state index in [0.717, 1.165) is 0 Å². The first-order valence-electron chi connectivity index (χ1n) is 1.63. The maximum atomic E-state index is 5.31. The number of hydrogen-bond donors (Lipinski definition) is 0. The van der Waals surface area contributed by atoms with Crippen molar-refractivity contribution in [3.63, 3.8) is 0 Å². The Hall–Kier alpha value is 1.83. The summed E-state index contributed by atoms with van der Waals surface area (Å²) in [6.45, 7) is 0. The van der Waals surface area contributed by atoms with Crippen molar-refractivity contribution in [3.05, 3.63) is 9.52 Å². The largest absolute Gasteiger partial charge is 0.228 e. The Labute approximate surface area is 95.8 Å². The van der Waals surface area contributed by atoms with Gasteiger partial charge in [0.1, 0.15) is 4.49 Å². The van der Waals surface area contributed by atoms with Crippen LogP contribution in [0.4, 0.5) is 0 Å². The third-order valence-corrected chi connectivity index (χ3v) is 2.32. The van der Waals surface area contributed by atoms with Crippen molar-refractivity contribution in [2.45, 2.75) is 3.79 Å². The van der Waals surface area contributed by atoms with E-state index in [0.29, 0.717) is 0 Å². The van der Waals surface area contributed by atoms with E-state index in [2.05, 4.69) is 0 Å². The van der Waals surface area contributed by atoms with Crippen molar-refractivity contribution in [2.75, 3.05) is 0 Å². The monoisotopic (exact) mass is 280 g/mol. The Kier molecular flexibility index (Phi) is 7.86. The van der Waals surface area contributed by atoms with Gasteiger partial charge in [0, 0.05) is 0 Å². The molecule has 0 bridgehead atoms. The molecule has 0 atom stereocenters. The van der Waals surface area contributed by atoms with Crippen LogP contribution in [0.15, 0.2) is 9.52 Å². The molecule has 0 aromatic heterocycles. The predicted octanol–water partition coefficient (Wildman–Crippen LogP) is 4.35. The minimum atomic E-state index is -1.72. The fourth-order valence-corrected chi connectivity index (χ4v) is 0.964. The highest BCUT2D eigenvalue weighted by Crippen LogP contribution is 2.40. The van der Waals surface area contributed by atoms with Crippen molar-refractivity contribution in [1.82, 2.24) is 0 Å². The summed E-state index contributed by atoms with van der Waals surface area (Å²) in [5.74, 6) is 0. The van der Waals surface area contributed by atoms with Gasteiger partial charge in [0.15, 0.2) is 0 Å². The predicted molar refractivity (Wildman–Crippen MR) is 55.3 cm³/mol. The highest BCUT2D eigenvalue weighted by molar-refractivity contribution is 7.59. The molecule has 0 nitrogen and oxygen atoms in total. The molecule has 0 aromatic carbocycles. The van der Waals surface area contributed by atoms with Crippen LogP contribution in [0.25, 0.3) is 0 Å². The molecule has 0 radical (unpaired) electrons.